The summed E-state index contributed by atoms with van der Waals surface area (Å²) in [5.41, 5.74) is 0. The molecule has 0 spiro atoms. The Bertz CT molecular complexity index is 884. The maximum absolute atomic E-state index is 12.0. The van der Waals surface area contributed by atoms with Gasteiger partial charge in [-0.05, 0) is 83.5 Å². The van der Waals surface area contributed by atoms with Gasteiger partial charge < -0.3 is 14.6 Å². The minimum atomic E-state index is -0.981. The van der Waals surface area contributed by atoms with E-state index in [0.717, 1.165) is 64.2 Å². The van der Waals surface area contributed by atoms with Crippen LogP contribution >= 0.6 is 0 Å². The van der Waals surface area contributed by atoms with E-state index in [9.17, 15) is 14.7 Å². The monoisotopic (exact) mass is 699 g/mol. The number of ether oxygens (including phenoxy) is 2. The molecule has 0 aliphatic heterocycles. The molecule has 0 aliphatic carbocycles. The average Bonchev–Trinajstić information content (AvgIpc) is 3.12. The van der Waals surface area contributed by atoms with Crippen molar-refractivity contribution in [2.45, 2.75) is 200 Å². The van der Waals surface area contributed by atoms with Crippen LogP contribution in [0.5, 0.6) is 0 Å². The number of rotatable bonds is 37. The summed E-state index contributed by atoms with van der Waals surface area (Å²) in [4.78, 5) is 24.0. The lowest BCUT2D eigenvalue weighted by Gasteiger charge is -2.12. The van der Waals surface area contributed by atoms with Crippen LogP contribution in [0.3, 0.4) is 0 Å². The summed E-state index contributed by atoms with van der Waals surface area (Å²) in [6.07, 6.45) is 52.7. The second-order valence-electron chi connectivity index (χ2n) is 13.7. The van der Waals surface area contributed by atoms with Crippen LogP contribution < -0.4 is 0 Å². The summed E-state index contributed by atoms with van der Waals surface area (Å²) in [6.45, 7) is 4.24. The van der Waals surface area contributed by atoms with Crippen molar-refractivity contribution in [3.05, 3.63) is 60.8 Å². The highest BCUT2D eigenvalue weighted by atomic mass is 16.6. The van der Waals surface area contributed by atoms with E-state index in [2.05, 4.69) is 74.6 Å². The molecule has 0 aromatic carbocycles. The average molecular weight is 699 g/mol. The van der Waals surface area contributed by atoms with Gasteiger partial charge in [0.1, 0.15) is 19.3 Å². The SMILES string of the molecule is CCCCC/C=C\C/C=C\C/C=C\C/C=C\CCCCCC(=O)OC[C@H](O)COC(=O)CCCCCCCCC/C=C\CCCCCCCC. The van der Waals surface area contributed by atoms with Gasteiger partial charge in [-0.15, -0.1) is 0 Å². The Balaban J connectivity index is 3.52. The predicted octanol–water partition coefficient (Wildman–Crippen LogP) is 13.2. The molecule has 1 N–H and O–H groups in total. The molecule has 0 aliphatic rings. The second kappa shape index (κ2) is 41.0. The lowest BCUT2D eigenvalue weighted by Crippen LogP contribution is -2.25. The first-order valence-corrected chi connectivity index (χ1v) is 20.8. The zero-order chi connectivity index (χ0) is 36.4. The number of carbonyl (C=O) groups is 2. The number of carbonyl (C=O) groups excluding carboxylic acids is 2. The largest absolute Gasteiger partial charge is 0.463 e. The van der Waals surface area contributed by atoms with Crippen molar-refractivity contribution in [2.75, 3.05) is 13.2 Å². The van der Waals surface area contributed by atoms with E-state index < -0.39 is 6.10 Å². The summed E-state index contributed by atoms with van der Waals surface area (Å²) < 4.78 is 10.3. The molecule has 0 saturated heterocycles. The highest BCUT2D eigenvalue weighted by Crippen LogP contribution is 2.12. The third kappa shape index (κ3) is 40.0. The molecule has 0 saturated carbocycles. The van der Waals surface area contributed by atoms with E-state index in [1.807, 2.05) is 0 Å². The maximum atomic E-state index is 12.0. The lowest BCUT2D eigenvalue weighted by molar-refractivity contribution is -0.152. The lowest BCUT2D eigenvalue weighted by atomic mass is 10.1. The number of unbranched alkanes of at least 4 members (excludes halogenated alkanes) is 19. The van der Waals surface area contributed by atoms with Crippen LogP contribution in [0.4, 0.5) is 0 Å². The van der Waals surface area contributed by atoms with Crippen LogP contribution in [0.25, 0.3) is 0 Å². The van der Waals surface area contributed by atoms with Crippen LogP contribution in [0.2, 0.25) is 0 Å². The fourth-order valence-electron chi connectivity index (χ4n) is 5.53. The van der Waals surface area contributed by atoms with Crippen molar-refractivity contribution in [3.8, 4) is 0 Å². The summed E-state index contributed by atoms with van der Waals surface area (Å²) in [5.74, 6) is -0.606. The van der Waals surface area contributed by atoms with Crippen LogP contribution in [0.1, 0.15) is 194 Å². The Morgan fingerprint density at radius 2 is 0.700 bits per heavy atom. The van der Waals surface area contributed by atoms with E-state index in [1.54, 1.807) is 0 Å². The number of aliphatic hydroxyl groups is 1. The molecule has 0 fully saturated rings. The molecule has 0 heterocycles. The molecule has 1 atom stereocenters. The van der Waals surface area contributed by atoms with Crippen LogP contribution in [0.15, 0.2) is 60.8 Å². The molecule has 0 radical (unpaired) electrons. The normalized spacial score (nSPS) is 12.8. The highest BCUT2D eigenvalue weighted by molar-refractivity contribution is 5.69. The Morgan fingerprint density at radius 1 is 0.420 bits per heavy atom. The second-order valence-corrected chi connectivity index (χ2v) is 13.7. The van der Waals surface area contributed by atoms with E-state index in [4.69, 9.17) is 9.47 Å². The Hall–Kier alpha value is -2.40. The Morgan fingerprint density at radius 3 is 1.12 bits per heavy atom. The zero-order valence-electron chi connectivity index (χ0n) is 32.6. The third-order valence-corrected chi connectivity index (χ3v) is 8.73. The fourth-order valence-corrected chi connectivity index (χ4v) is 5.53. The molecule has 0 bridgehead atoms. The van der Waals surface area contributed by atoms with Crippen molar-refractivity contribution in [1.29, 1.82) is 0 Å². The highest BCUT2D eigenvalue weighted by Gasteiger charge is 2.12. The molecule has 5 nitrogen and oxygen atoms in total. The zero-order valence-corrected chi connectivity index (χ0v) is 32.6. The molecule has 0 aromatic heterocycles. The van der Waals surface area contributed by atoms with Crippen molar-refractivity contribution >= 4 is 11.9 Å². The molecule has 0 unspecified atom stereocenters. The Kier molecular flexibility index (Phi) is 39.1. The molecule has 50 heavy (non-hydrogen) atoms. The molecule has 0 aromatic rings. The minimum absolute atomic E-state index is 0.130. The summed E-state index contributed by atoms with van der Waals surface area (Å²) >= 11 is 0. The van der Waals surface area contributed by atoms with Crippen LogP contribution in [0, 0.1) is 0 Å². The standard InChI is InChI=1S/C45H78O5/c1-3-5-7-9-11-13-15-17-19-21-22-24-26-28-30-32-34-36-38-40-45(48)50-42-43(46)41-49-44(47)39-37-35-33-31-29-27-25-23-20-18-16-14-12-10-8-6-4-2/h11,13,17-20,22,24,28,30,43,46H,3-10,12,14-16,21,23,25-27,29,31-42H2,1-2H3/b13-11-,19-17-,20-18-,24-22-,30-28-/t43-/m1/s1. The first-order chi connectivity index (χ1) is 24.6. The number of hydrogen-bond acceptors (Lipinski definition) is 5. The van der Waals surface area contributed by atoms with Gasteiger partial charge in [-0.25, -0.2) is 0 Å². The number of esters is 2. The van der Waals surface area contributed by atoms with Crippen molar-refractivity contribution in [2.24, 2.45) is 0 Å². The van der Waals surface area contributed by atoms with Gasteiger partial charge in [0.25, 0.3) is 0 Å². The van der Waals surface area contributed by atoms with Crippen molar-refractivity contribution in [3.63, 3.8) is 0 Å². The molecule has 288 valence electrons. The Labute approximate surface area is 309 Å². The fraction of sp³-hybridized carbons (Fsp3) is 0.733. The van der Waals surface area contributed by atoms with Gasteiger partial charge in [0, 0.05) is 12.8 Å². The number of aliphatic hydroxyl groups excluding tert-OH is 1. The van der Waals surface area contributed by atoms with Gasteiger partial charge >= 0.3 is 11.9 Å². The van der Waals surface area contributed by atoms with Gasteiger partial charge in [-0.1, -0.05) is 158 Å². The van der Waals surface area contributed by atoms with E-state index >= 15 is 0 Å². The first-order valence-electron chi connectivity index (χ1n) is 20.8. The van der Waals surface area contributed by atoms with Crippen LogP contribution in [-0.4, -0.2) is 36.4 Å². The topological polar surface area (TPSA) is 72.8 Å². The van der Waals surface area contributed by atoms with E-state index in [1.165, 1.54) is 103 Å². The van der Waals surface area contributed by atoms with Gasteiger partial charge in [0.2, 0.25) is 0 Å². The molecule has 5 heteroatoms. The van der Waals surface area contributed by atoms with Crippen molar-refractivity contribution < 1.29 is 24.2 Å². The summed E-state index contributed by atoms with van der Waals surface area (Å²) in [6, 6.07) is 0. The maximum Gasteiger partial charge on any atom is 0.305 e. The molecular weight excluding hydrogens is 620 g/mol. The smallest absolute Gasteiger partial charge is 0.305 e. The summed E-state index contributed by atoms with van der Waals surface area (Å²) in [7, 11) is 0. The van der Waals surface area contributed by atoms with E-state index in [0.29, 0.717) is 12.8 Å². The summed E-state index contributed by atoms with van der Waals surface area (Å²) in [5, 5.41) is 10.0. The van der Waals surface area contributed by atoms with Gasteiger partial charge in [-0.2, -0.15) is 0 Å². The van der Waals surface area contributed by atoms with Gasteiger partial charge in [0.15, 0.2) is 0 Å². The van der Waals surface area contributed by atoms with Gasteiger partial charge in [-0.3, -0.25) is 9.59 Å². The third-order valence-electron chi connectivity index (χ3n) is 8.73. The van der Waals surface area contributed by atoms with Crippen molar-refractivity contribution in [1.82, 2.24) is 0 Å². The predicted molar refractivity (Wildman–Crippen MR) is 214 cm³/mol. The number of allylic oxidation sites excluding steroid dienone is 10. The first kappa shape index (κ1) is 47.6. The quantitative estimate of drug-likeness (QED) is 0.0397. The van der Waals surface area contributed by atoms with Gasteiger partial charge in [0.05, 0.1) is 0 Å². The molecule has 0 rings (SSSR count). The van der Waals surface area contributed by atoms with Crippen LogP contribution in [-0.2, 0) is 19.1 Å². The number of hydrogen-bond donors (Lipinski definition) is 1. The molecule has 0 amide bonds. The molecular formula is C45H78O5. The van der Waals surface area contributed by atoms with E-state index in [-0.39, 0.29) is 25.2 Å². The minimum Gasteiger partial charge on any atom is -0.463 e.